The lowest BCUT2D eigenvalue weighted by Crippen LogP contribution is -2.12. The van der Waals surface area contributed by atoms with Gasteiger partial charge in [0.1, 0.15) is 12.9 Å². The maximum atomic E-state index is 13.0. The highest BCUT2D eigenvalue weighted by Crippen LogP contribution is 2.13. The number of nitrogens with two attached hydrogens (primary N) is 1. The molecule has 1 aromatic rings. The molecule has 0 aliphatic carbocycles. The highest BCUT2D eigenvalue weighted by Gasteiger charge is 2.07. The minimum absolute atomic E-state index is 0.0343. The molecule has 0 atom stereocenters. The Balaban J connectivity index is 2.78. The van der Waals surface area contributed by atoms with Crippen molar-refractivity contribution < 1.29 is 9.13 Å². The molecular formula is C7H10FN3O. The average Bonchev–Trinajstić information content (AvgIpc) is 2.08. The van der Waals surface area contributed by atoms with Crippen molar-refractivity contribution in [2.24, 2.45) is 5.73 Å². The monoisotopic (exact) mass is 171 g/mol. The van der Waals surface area contributed by atoms with Crippen molar-refractivity contribution in [1.29, 1.82) is 0 Å². The number of hydrogen-bond donors (Lipinski definition) is 1. The molecule has 12 heavy (non-hydrogen) atoms. The van der Waals surface area contributed by atoms with Gasteiger partial charge in [0.25, 0.3) is 5.88 Å². The minimum Gasteiger partial charge on any atom is -0.474 e. The summed E-state index contributed by atoms with van der Waals surface area (Å²) in [7, 11) is 0. The first kappa shape index (κ1) is 8.86. The van der Waals surface area contributed by atoms with Gasteiger partial charge >= 0.3 is 0 Å². The normalized spacial score (nSPS) is 9.92. The van der Waals surface area contributed by atoms with Gasteiger partial charge in [0, 0.05) is 6.54 Å². The second kappa shape index (κ2) is 3.96. The molecule has 0 amide bonds. The van der Waals surface area contributed by atoms with E-state index in [9.17, 15) is 4.39 Å². The Morgan fingerprint density at radius 3 is 3.00 bits per heavy atom. The Labute approximate surface area is 69.6 Å². The topological polar surface area (TPSA) is 61.0 Å². The molecule has 0 saturated carbocycles. The summed E-state index contributed by atoms with van der Waals surface area (Å²) in [4.78, 5) is 7.26. The Kier molecular flexibility index (Phi) is 2.93. The lowest BCUT2D eigenvalue weighted by Gasteiger charge is -2.04. The van der Waals surface area contributed by atoms with E-state index in [1.165, 1.54) is 6.33 Å². The number of nitrogens with zero attached hydrogens (tertiary/aromatic N) is 2. The van der Waals surface area contributed by atoms with Gasteiger partial charge in [-0.3, -0.25) is 0 Å². The first-order valence-electron chi connectivity index (χ1n) is 3.55. The maximum absolute atomic E-state index is 13.0. The molecule has 5 heteroatoms. The second-order valence-corrected chi connectivity index (χ2v) is 2.22. The average molecular weight is 171 g/mol. The molecule has 0 radical (unpaired) electrons. The predicted molar refractivity (Wildman–Crippen MR) is 41.3 cm³/mol. The smallest absolute Gasteiger partial charge is 0.253 e. The van der Waals surface area contributed by atoms with Crippen LogP contribution in [0.2, 0.25) is 0 Å². The summed E-state index contributed by atoms with van der Waals surface area (Å²) in [5.41, 5.74) is 5.45. The quantitative estimate of drug-likeness (QED) is 0.708. The van der Waals surface area contributed by atoms with Gasteiger partial charge in [-0.15, -0.1) is 0 Å². The number of halogens is 1. The van der Waals surface area contributed by atoms with Crippen LogP contribution in [0.4, 0.5) is 4.39 Å². The van der Waals surface area contributed by atoms with Gasteiger partial charge in [0.05, 0.1) is 5.69 Å². The molecule has 0 unspecified atom stereocenters. The largest absolute Gasteiger partial charge is 0.474 e. The molecule has 0 saturated heterocycles. The Bertz CT molecular complexity index is 267. The molecule has 1 rings (SSSR count). The van der Waals surface area contributed by atoms with Gasteiger partial charge < -0.3 is 10.5 Å². The Morgan fingerprint density at radius 2 is 2.33 bits per heavy atom. The number of aromatic nitrogens is 2. The fourth-order valence-electron chi connectivity index (χ4n) is 0.692. The first-order chi connectivity index (χ1) is 5.75. The van der Waals surface area contributed by atoms with Gasteiger partial charge in [-0.25, -0.2) is 4.98 Å². The van der Waals surface area contributed by atoms with Crippen molar-refractivity contribution in [3.8, 4) is 5.88 Å². The van der Waals surface area contributed by atoms with E-state index < -0.39 is 5.82 Å². The van der Waals surface area contributed by atoms with Crippen molar-refractivity contribution in [2.75, 3.05) is 13.2 Å². The molecule has 4 nitrogen and oxygen atoms in total. The zero-order chi connectivity index (χ0) is 8.97. The van der Waals surface area contributed by atoms with E-state index in [1.54, 1.807) is 6.92 Å². The highest BCUT2D eigenvalue weighted by atomic mass is 19.1. The fraction of sp³-hybridized carbons (Fsp3) is 0.429. The van der Waals surface area contributed by atoms with Crippen LogP contribution in [0.5, 0.6) is 5.88 Å². The molecule has 1 heterocycles. The van der Waals surface area contributed by atoms with E-state index in [2.05, 4.69) is 9.97 Å². The van der Waals surface area contributed by atoms with Gasteiger partial charge in [0.15, 0.2) is 0 Å². The highest BCUT2D eigenvalue weighted by molar-refractivity contribution is 5.15. The molecule has 0 aromatic carbocycles. The Hall–Kier alpha value is -1.23. The first-order valence-corrected chi connectivity index (χ1v) is 3.55. The van der Waals surface area contributed by atoms with E-state index in [0.717, 1.165) is 0 Å². The molecule has 0 spiro atoms. The number of hydrogen-bond acceptors (Lipinski definition) is 4. The summed E-state index contributed by atoms with van der Waals surface area (Å²) in [6.45, 7) is 2.14. The zero-order valence-electron chi connectivity index (χ0n) is 6.75. The summed E-state index contributed by atoms with van der Waals surface area (Å²) >= 11 is 0. The molecule has 0 aliphatic heterocycles. The van der Waals surface area contributed by atoms with Gasteiger partial charge in [-0.1, -0.05) is 0 Å². The van der Waals surface area contributed by atoms with Crippen molar-refractivity contribution in [1.82, 2.24) is 9.97 Å². The van der Waals surface area contributed by atoms with E-state index in [4.69, 9.17) is 10.5 Å². The van der Waals surface area contributed by atoms with Crippen LogP contribution >= 0.6 is 0 Å². The van der Waals surface area contributed by atoms with Crippen LogP contribution in [0.15, 0.2) is 6.33 Å². The molecule has 66 valence electrons. The van der Waals surface area contributed by atoms with Crippen LogP contribution < -0.4 is 10.5 Å². The van der Waals surface area contributed by atoms with Gasteiger partial charge in [-0.05, 0) is 6.92 Å². The van der Waals surface area contributed by atoms with E-state index in [-0.39, 0.29) is 18.2 Å². The third kappa shape index (κ3) is 1.88. The number of rotatable bonds is 3. The van der Waals surface area contributed by atoms with Crippen LogP contribution in [-0.2, 0) is 0 Å². The maximum Gasteiger partial charge on any atom is 0.253 e. The van der Waals surface area contributed by atoms with E-state index >= 15 is 0 Å². The summed E-state index contributed by atoms with van der Waals surface area (Å²) in [5.74, 6) is -0.557. The van der Waals surface area contributed by atoms with E-state index in [0.29, 0.717) is 6.54 Å². The second-order valence-electron chi connectivity index (χ2n) is 2.22. The summed E-state index contributed by atoms with van der Waals surface area (Å²) < 4.78 is 17.9. The molecule has 0 aliphatic rings. The number of aryl methyl sites for hydroxylation is 1. The number of ether oxygens (including phenoxy) is 1. The van der Waals surface area contributed by atoms with Gasteiger partial charge in [-0.2, -0.15) is 9.37 Å². The summed E-state index contributed by atoms with van der Waals surface area (Å²) in [6.07, 6.45) is 1.25. The molecular weight excluding hydrogens is 161 g/mol. The lowest BCUT2D eigenvalue weighted by molar-refractivity contribution is 0.295. The molecule has 1 aromatic heterocycles. The van der Waals surface area contributed by atoms with Crippen LogP contribution in [0.3, 0.4) is 0 Å². The summed E-state index contributed by atoms with van der Waals surface area (Å²) in [5, 5.41) is 0. The van der Waals surface area contributed by atoms with Crippen LogP contribution in [0.25, 0.3) is 0 Å². The van der Waals surface area contributed by atoms with E-state index in [1.807, 2.05) is 0 Å². The third-order valence-electron chi connectivity index (χ3n) is 1.29. The Morgan fingerprint density at radius 1 is 1.58 bits per heavy atom. The molecule has 2 N–H and O–H groups in total. The van der Waals surface area contributed by atoms with Crippen molar-refractivity contribution in [3.05, 3.63) is 17.8 Å². The predicted octanol–water partition coefficient (Wildman–Crippen LogP) is 0.262. The van der Waals surface area contributed by atoms with Crippen molar-refractivity contribution in [3.63, 3.8) is 0 Å². The van der Waals surface area contributed by atoms with Crippen molar-refractivity contribution in [2.45, 2.75) is 6.92 Å². The van der Waals surface area contributed by atoms with Gasteiger partial charge in [0.2, 0.25) is 5.82 Å². The van der Waals surface area contributed by atoms with Crippen LogP contribution in [-0.4, -0.2) is 23.1 Å². The molecule has 0 bridgehead atoms. The molecule has 0 fully saturated rings. The summed E-state index contributed by atoms with van der Waals surface area (Å²) in [6, 6.07) is 0. The lowest BCUT2D eigenvalue weighted by atomic mass is 10.4. The zero-order valence-corrected chi connectivity index (χ0v) is 6.75. The third-order valence-corrected chi connectivity index (χ3v) is 1.29. The fourth-order valence-corrected chi connectivity index (χ4v) is 0.692. The SMILES string of the molecule is Cc1ncnc(OCCN)c1F. The van der Waals surface area contributed by atoms with Crippen LogP contribution in [0.1, 0.15) is 5.69 Å². The minimum atomic E-state index is -0.522. The van der Waals surface area contributed by atoms with Crippen molar-refractivity contribution >= 4 is 0 Å². The van der Waals surface area contributed by atoms with Crippen LogP contribution in [0, 0.1) is 12.7 Å². The standard InChI is InChI=1S/C7H10FN3O/c1-5-6(8)7(11-4-10-5)12-3-2-9/h4H,2-3,9H2,1H3.